The van der Waals surface area contributed by atoms with Crippen molar-refractivity contribution in [2.75, 3.05) is 7.11 Å². The molecule has 2 heterocycles. The van der Waals surface area contributed by atoms with Crippen molar-refractivity contribution in [2.45, 2.75) is 57.1 Å². The second-order valence-corrected chi connectivity index (χ2v) is 4.76. The molecule has 0 radical (unpaired) electrons. The van der Waals surface area contributed by atoms with E-state index in [0.29, 0.717) is 0 Å². The van der Waals surface area contributed by atoms with Crippen LogP contribution >= 0.6 is 0 Å². The lowest BCUT2D eigenvalue weighted by Gasteiger charge is -2.30. The minimum Gasteiger partial charge on any atom is -0.353 e. The molecule has 0 saturated carbocycles. The van der Waals surface area contributed by atoms with Gasteiger partial charge in [0.2, 0.25) is 0 Å². The zero-order valence-corrected chi connectivity index (χ0v) is 10.4. The molecule has 2 saturated heterocycles. The molecule has 0 aliphatic carbocycles. The summed E-state index contributed by atoms with van der Waals surface area (Å²) >= 11 is 0. The van der Waals surface area contributed by atoms with E-state index in [0.717, 1.165) is 6.42 Å². The van der Waals surface area contributed by atoms with Crippen LogP contribution in [0.15, 0.2) is 12.7 Å². The molecule has 2 fully saturated rings. The van der Waals surface area contributed by atoms with Gasteiger partial charge in [-0.2, -0.15) is 0 Å². The topological polar surface area (TPSA) is 36.9 Å². The third kappa shape index (κ3) is 1.61. The summed E-state index contributed by atoms with van der Waals surface area (Å²) in [6, 6.07) is 0. The fourth-order valence-corrected chi connectivity index (χ4v) is 2.49. The normalized spacial score (nSPS) is 45.6. The van der Waals surface area contributed by atoms with Crippen LogP contribution in [-0.2, 0) is 18.9 Å². The van der Waals surface area contributed by atoms with Gasteiger partial charge in [0.05, 0.1) is 0 Å². The first-order valence-corrected chi connectivity index (χ1v) is 5.68. The van der Waals surface area contributed by atoms with Gasteiger partial charge in [0.1, 0.15) is 17.8 Å². The van der Waals surface area contributed by atoms with E-state index in [4.69, 9.17) is 18.9 Å². The molecule has 2 aliphatic rings. The lowest BCUT2D eigenvalue weighted by atomic mass is 9.93. The summed E-state index contributed by atoms with van der Waals surface area (Å²) in [6.07, 6.45) is 1.88. The lowest BCUT2D eigenvalue weighted by Crippen LogP contribution is -2.40. The van der Waals surface area contributed by atoms with Crippen molar-refractivity contribution in [1.29, 1.82) is 0 Å². The smallest absolute Gasteiger partial charge is 0.187 e. The summed E-state index contributed by atoms with van der Waals surface area (Å²) in [5.41, 5.74) is -0.501. The monoisotopic (exact) mass is 228 g/mol. The molecular formula is C12H20O4. The summed E-state index contributed by atoms with van der Waals surface area (Å²) in [5, 5.41) is 0. The number of methoxy groups -OCH3 is 1. The first kappa shape index (κ1) is 12.0. The van der Waals surface area contributed by atoms with Crippen LogP contribution in [0.25, 0.3) is 0 Å². The second kappa shape index (κ2) is 3.81. The van der Waals surface area contributed by atoms with Gasteiger partial charge in [-0.15, -0.1) is 6.58 Å². The summed E-state index contributed by atoms with van der Waals surface area (Å²) in [7, 11) is 1.62. The van der Waals surface area contributed by atoms with E-state index < -0.39 is 11.4 Å². The maximum absolute atomic E-state index is 5.90. The SMILES string of the molecule is C=CC1(CC)OC(OC)C2OC(C)(C)OC21. The number of hydrogen-bond donors (Lipinski definition) is 0. The van der Waals surface area contributed by atoms with E-state index in [1.54, 1.807) is 13.2 Å². The van der Waals surface area contributed by atoms with Gasteiger partial charge >= 0.3 is 0 Å². The third-order valence-electron chi connectivity index (χ3n) is 3.34. The van der Waals surface area contributed by atoms with E-state index in [9.17, 15) is 0 Å². The maximum atomic E-state index is 5.90. The van der Waals surface area contributed by atoms with E-state index in [-0.39, 0.29) is 18.5 Å². The molecule has 92 valence electrons. The maximum Gasteiger partial charge on any atom is 0.187 e. The van der Waals surface area contributed by atoms with Gasteiger partial charge in [0, 0.05) is 7.11 Å². The van der Waals surface area contributed by atoms with Crippen LogP contribution in [0, 0.1) is 0 Å². The predicted octanol–water partition coefficient (Wildman–Crippen LogP) is 1.84. The van der Waals surface area contributed by atoms with Crippen molar-refractivity contribution < 1.29 is 18.9 Å². The van der Waals surface area contributed by atoms with E-state index in [2.05, 4.69) is 6.58 Å². The highest BCUT2D eigenvalue weighted by Gasteiger charge is 2.61. The minimum absolute atomic E-state index is 0.144. The number of rotatable bonds is 3. The molecule has 4 unspecified atom stereocenters. The highest BCUT2D eigenvalue weighted by Crippen LogP contribution is 2.46. The van der Waals surface area contributed by atoms with Crippen LogP contribution in [-0.4, -0.2) is 37.0 Å². The highest BCUT2D eigenvalue weighted by atomic mass is 16.8. The minimum atomic E-state index is -0.584. The quantitative estimate of drug-likeness (QED) is 0.691. The first-order chi connectivity index (χ1) is 7.48. The van der Waals surface area contributed by atoms with Crippen LogP contribution in [0.4, 0.5) is 0 Å². The first-order valence-electron chi connectivity index (χ1n) is 5.68. The molecular weight excluding hydrogens is 208 g/mol. The average Bonchev–Trinajstić information content (AvgIpc) is 2.70. The van der Waals surface area contributed by atoms with Crippen molar-refractivity contribution in [3.8, 4) is 0 Å². The van der Waals surface area contributed by atoms with Gasteiger partial charge in [-0.05, 0) is 20.3 Å². The molecule has 4 atom stereocenters. The van der Waals surface area contributed by atoms with Gasteiger partial charge in [0.15, 0.2) is 12.1 Å². The van der Waals surface area contributed by atoms with Crippen molar-refractivity contribution in [2.24, 2.45) is 0 Å². The molecule has 0 bridgehead atoms. The zero-order valence-electron chi connectivity index (χ0n) is 10.4. The van der Waals surface area contributed by atoms with Crippen LogP contribution in [0.3, 0.4) is 0 Å². The Balaban J connectivity index is 2.30. The summed E-state index contributed by atoms with van der Waals surface area (Å²) in [4.78, 5) is 0. The molecule has 16 heavy (non-hydrogen) atoms. The third-order valence-corrected chi connectivity index (χ3v) is 3.34. The summed E-state index contributed by atoms with van der Waals surface area (Å²) < 4.78 is 22.9. The lowest BCUT2D eigenvalue weighted by molar-refractivity contribution is -0.241. The standard InChI is InChI=1S/C12H20O4/c1-6-12(7-2)9-8(10(13-5)16-12)14-11(3,4)15-9/h6,8-10H,1,7H2,2-5H3. The number of ether oxygens (including phenoxy) is 4. The Bertz CT molecular complexity index is 289. The Labute approximate surface area is 96.5 Å². The Hall–Kier alpha value is -0.420. The van der Waals surface area contributed by atoms with Gasteiger partial charge in [-0.1, -0.05) is 13.0 Å². The molecule has 2 rings (SSSR count). The molecule has 4 nitrogen and oxygen atoms in total. The van der Waals surface area contributed by atoms with Crippen molar-refractivity contribution in [3.05, 3.63) is 12.7 Å². The van der Waals surface area contributed by atoms with Crippen molar-refractivity contribution in [1.82, 2.24) is 0 Å². The highest BCUT2D eigenvalue weighted by molar-refractivity contribution is 5.12. The van der Waals surface area contributed by atoms with Gasteiger partial charge in [0.25, 0.3) is 0 Å². The van der Waals surface area contributed by atoms with Crippen LogP contribution < -0.4 is 0 Å². The Kier molecular flexibility index (Phi) is 2.87. The second-order valence-electron chi connectivity index (χ2n) is 4.76. The summed E-state index contributed by atoms with van der Waals surface area (Å²) in [6.45, 7) is 9.70. The van der Waals surface area contributed by atoms with Crippen LogP contribution in [0.5, 0.6) is 0 Å². The molecule has 0 aromatic heterocycles. The van der Waals surface area contributed by atoms with E-state index in [1.165, 1.54) is 0 Å². The molecule has 0 aromatic carbocycles. The fraction of sp³-hybridized carbons (Fsp3) is 0.833. The zero-order chi connectivity index (χ0) is 12.0. The van der Waals surface area contributed by atoms with Crippen molar-refractivity contribution in [3.63, 3.8) is 0 Å². The number of fused-ring (bicyclic) bond motifs is 1. The van der Waals surface area contributed by atoms with Crippen LogP contribution in [0.2, 0.25) is 0 Å². The Morgan fingerprint density at radius 3 is 2.50 bits per heavy atom. The Morgan fingerprint density at radius 2 is 2.00 bits per heavy atom. The van der Waals surface area contributed by atoms with Crippen molar-refractivity contribution >= 4 is 0 Å². The fourth-order valence-electron chi connectivity index (χ4n) is 2.49. The average molecular weight is 228 g/mol. The van der Waals surface area contributed by atoms with Gasteiger partial charge < -0.3 is 18.9 Å². The number of hydrogen-bond acceptors (Lipinski definition) is 4. The largest absolute Gasteiger partial charge is 0.353 e. The predicted molar refractivity (Wildman–Crippen MR) is 58.9 cm³/mol. The molecule has 0 N–H and O–H groups in total. The van der Waals surface area contributed by atoms with Gasteiger partial charge in [-0.25, -0.2) is 0 Å². The molecule has 0 amide bonds. The van der Waals surface area contributed by atoms with Crippen LogP contribution in [0.1, 0.15) is 27.2 Å². The molecule has 2 aliphatic heterocycles. The van der Waals surface area contributed by atoms with E-state index in [1.807, 2.05) is 20.8 Å². The molecule has 4 heteroatoms. The van der Waals surface area contributed by atoms with E-state index >= 15 is 0 Å². The Morgan fingerprint density at radius 1 is 1.31 bits per heavy atom. The summed E-state index contributed by atoms with van der Waals surface area (Å²) in [5.74, 6) is -0.584. The molecule has 0 spiro atoms. The molecule has 0 aromatic rings. The van der Waals surface area contributed by atoms with Gasteiger partial charge in [-0.3, -0.25) is 0 Å².